The third-order valence-corrected chi connectivity index (χ3v) is 5.58. The smallest absolute Gasteiger partial charge is 0.225 e. The Morgan fingerprint density at radius 2 is 1.83 bits per heavy atom. The van der Waals surface area contributed by atoms with E-state index in [0.717, 1.165) is 45.6 Å². The van der Waals surface area contributed by atoms with Crippen LogP contribution in [0, 0.1) is 5.92 Å². The van der Waals surface area contributed by atoms with Crippen molar-refractivity contribution < 1.29 is 4.79 Å². The van der Waals surface area contributed by atoms with Crippen molar-refractivity contribution in [2.45, 2.75) is 52.5 Å². The Morgan fingerprint density at radius 3 is 2.52 bits per heavy atom. The quantitative estimate of drug-likeness (QED) is 0.833. The molecule has 0 saturated carbocycles. The van der Waals surface area contributed by atoms with E-state index in [9.17, 15) is 4.79 Å². The van der Waals surface area contributed by atoms with E-state index in [4.69, 9.17) is 0 Å². The molecule has 1 aromatic carbocycles. The van der Waals surface area contributed by atoms with Gasteiger partial charge in [0.25, 0.3) is 0 Å². The first-order valence-corrected chi connectivity index (χ1v) is 9.33. The number of rotatable bonds is 5. The molecule has 1 aromatic rings. The van der Waals surface area contributed by atoms with Gasteiger partial charge < -0.3 is 4.90 Å². The van der Waals surface area contributed by atoms with Gasteiger partial charge in [-0.15, -0.1) is 0 Å². The zero-order valence-electron chi connectivity index (χ0n) is 14.7. The van der Waals surface area contributed by atoms with Crippen LogP contribution in [0.5, 0.6) is 0 Å². The average Bonchev–Trinajstić information content (AvgIpc) is 3.04. The summed E-state index contributed by atoms with van der Waals surface area (Å²) in [6, 6.07) is 7.04. The Balaban J connectivity index is 1.52. The molecule has 1 aliphatic heterocycles. The monoisotopic (exact) mass is 314 g/mol. The molecule has 0 radical (unpaired) electrons. The third kappa shape index (κ3) is 3.77. The second-order valence-corrected chi connectivity index (χ2v) is 7.02. The number of hydrogen-bond acceptors (Lipinski definition) is 2. The highest BCUT2D eigenvalue weighted by atomic mass is 16.2. The van der Waals surface area contributed by atoms with Gasteiger partial charge in [-0.05, 0) is 75.7 Å². The fourth-order valence-corrected chi connectivity index (χ4v) is 4.11. The molecule has 3 heteroatoms. The van der Waals surface area contributed by atoms with Gasteiger partial charge in [0.15, 0.2) is 0 Å². The first kappa shape index (κ1) is 16.5. The first-order chi connectivity index (χ1) is 11.2. The van der Waals surface area contributed by atoms with E-state index in [1.165, 1.54) is 24.8 Å². The number of benzene rings is 1. The van der Waals surface area contributed by atoms with Gasteiger partial charge in [-0.25, -0.2) is 0 Å². The molecule has 2 aliphatic rings. The number of amides is 1. The molecule has 0 atom stereocenters. The Kier molecular flexibility index (Phi) is 5.37. The van der Waals surface area contributed by atoms with Crippen LogP contribution in [-0.4, -0.2) is 41.9 Å². The Labute approximate surface area is 140 Å². The zero-order valence-corrected chi connectivity index (χ0v) is 14.7. The normalized spacial score (nSPS) is 18.9. The standard InChI is InChI=1S/C20H30N2O/c1-3-22(4-2)20(23)18-10-12-21(13-11-18)15-16-8-9-17-6-5-7-19(17)14-16/h8-9,14,18H,3-7,10-13,15H2,1-2H3. The van der Waals surface area contributed by atoms with Crippen molar-refractivity contribution in [2.24, 2.45) is 5.92 Å². The lowest BCUT2D eigenvalue weighted by atomic mass is 9.94. The molecule has 0 N–H and O–H groups in total. The van der Waals surface area contributed by atoms with Gasteiger partial charge in [0.2, 0.25) is 5.91 Å². The minimum absolute atomic E-state index is 0.242. The molecule has 0 spiro atoms. The van der Waals surface area contributed by atoms with E-state index >= 15 is 0 Å². The second-order valence-electron chi connectivity index (χ2n) is 7.02. The molecular formula is C20H30N2O. The average molecular weight is 314 g/mol. The fourth-order valence-electron chi connectivity index (χ4n) is 4.11. The van der Waals surface area contributed by atoms with Gasteiger partial charge in [0, 0.05) is 25.6 Å². The zero-order chi connectivity index (χ0) is 16.2. The second kappa shape index (κ2) is 7.48. The number of piperidine rings is 1. The van der Waals surface area contributed by atoms with Crippen LogP contribution in [0.1, 0.15) is 49.8 Å². The van der Waals surface area contributed by atoms with E-state index in [-0.39, 0.29) is 5.92 Å². The predicted molar refractivity (Wildman–Crippen MR) is 94.4 cm³/mol. The summed E-state index contributed by atoms with van der Waals surface area (Å²) in [5.41, 5.74) is 4.56. The molecule has 23 heavy (non-hydrogen) atoms. The van der Waals surface area contributed by atoms with Gasteiger partial charge in [0.1, 0.15) is 0 Å². The van der Waals surface area contributed by atoms with Crippen molar-refractivity contribution in [1.82, 2.24) is 9.80 Å². The molecule has 126 valence electrons. The van der Waals surface area contributed by atoms with E-state index in [0.29, 0.717) is 5.91 Å². The molecule has 1 heterocycles. The summed E-state index contributed by atoms with van der Waals surface area (Å²) in [5, 5.41) is 0. The van der Waals surface area contributed by atoms with Crippen LogP contribution >= 0.6 is 0 Å². The summed E-state index contributed by atoms with van der Waals surface area (Å²) in [6.45, 7) is 8.97. The number of hydrogen-bond donors (Lipinski definition) is 0. The highest BCUT2D eigenvalue weighted by Gasteiger charge is 2.27. The van der Waals surface area contributed by atoms with Crippen LogP contribution in [0.15, 0.2) is 18.2 Å². The lowest BCUT2D eigenvalue weighted by Gasteiger charge is -2.33. The van der Waals surface area contributed by atoms with Crippen LogP contribution in [-0.2, 0) is 24.2 Å². The summed E-state index contributed by atoms with van der Waals surface area (Å²) in [4.78, 5) is 17.0. The minimum Gasteiger partial charge on any atom is -0.343 e. The molecule has 0 aromatic heterocycles. The molecule has 1 aliphatic carbocycles. The van der Waals surface area contributed by atoms with Gasteiger partial charge in [0.05, 0.1) is 0 Å². The van der Waals surface area contributed by atoms with Crippen LogP contribution in [0.4, 0.5) is 0 Å². The van der Waals surface area contributed by atoms with Crippen molar-refractivity contribution in [3.63, 3.8) is 0 Å². The number of nitrogens with zero attached hydrogens (tertiary/aromatic N) is 2. The van der Waals surface area contributed by atoms with Crippen LogP contribution in [0.2, 0.25) is 0 Å². The predicted octanol–water partition coefficient (Wildman–Crippen LogP) is 3.26. The topological polar surface area (TPSA) is 23.6 Å². The third-order valence-electron chi connectivity index (χ3n) is 5.58. The van der Waals surface area contributed by atoms with Gasteiger partial charge >= 0.3 is 0 Å². The number of carbonyl (C=O) groups is 1. The van der Waals surface area contributed by atoms with Crippen LogP contribution in [0.25, 0.3) is 0 Å². The van der Waals surface area contributed by atoms with Gasteiger partial charge in [-0.2, -0.15) is 0 Å². The van der Waals surface area contributed by atoms with Gasteiger partial charge in [-0.1, -0.05) is 18.2 Å². The van der Waals surface area contributed by atoms with Crippen molar-refractivity contribution >= 4 is 5.91 Å². The Bertz CT molecular complexity index is 543. The van der Waals surface area contributed by atoms with Gasteiger partial charge in [-0.3, -0.25) is 9.69 Å². The first-order valence-electron chi connectivity index (χ1n) is 9.33. The van der Waals surface area contributed by atoms with Crippen molar-refractivity contribution in [1.29, 1.82) is 0 Å². The largest absolute Gasteiger partial charge is 0.343 e. The summed E-state index contributed by atoms with van der Waals surface area (Å²) < 4.78 is 0. The Hall–Kier alpha value is -1.35. The number of likely N-dealkylation sites (tertiary alicyclic amines) is 1. The lowest BCUT2D eigenvalue weighted by molar-refractivity contribution is -0.136. The SMILES string of the molecule is CCN(CC)C(=O)C1CCN(Cc2ccc3c(c2)CCC3)CC1. The summed E-state index contributed by atoms with van der Waals surface area (Å²) in [7, 11) is 0. The highest BCUT2D eigenvalue weighted by molar-refractivity contribution is 5.78. The molecule has 0 bridgehead atoms. The molecular weight excluding hydrogens is 284 g/mol. The Morgan fingerprint density at radius 1 is 1.13 bits per heavy atom. The number of aryl methyl sites for hydroxylation is 2. The van der Waals surface area contributed by atoms with Crippen LogP contribution in [0.3, 0.4) is 0 Å². The molecule has 1 saturated heterocycles. The van der Waals surface area contributed by atoms with Crippen molar-refractivity contribution in [2.75, 3.05) is 26.2 Å². The van der Waals surface area contributed by atoms with Crippen molar-refractivity contribution in [3.8, 4) is 0 Å². The molecule has 1 fully saturated rings. The van der Waals surface area contributed by atoms with E-state index in [1.54, 1.807) is 11.1 Å². The van der Waals surface area contributed by atoms with Crippen LogP contribution < -0.4 is 0 Å². The minimum atomic E-state index is 0.242. The summed E-state index contributed by atoms with van der Waals surface area (Å²) >= 11 is 0. The van der Waals surface area contributed by atoms with Crippen molar-refractivity contribution in [3.05, 3.63) is 34.9 Å². The molecule has 0 unspecified atom stereocenters. The highest BCUT2D eigenvalue weighted by Crippen LogP contribution is 2.25. The van der Waals surface area contributed by atoms with E-state index in [2.05, 4.69) is 36.9 Å². The molecule has 1 amide bonds. The molecule has 3 nitrogen and oxygen atoms in total. The maximum absolute atomic E-state index is 12.5. The summed E-state index contributed by atoms with van der Waals surface area (Å²) in [5.74, 6) is 0.610. The maximum Gasteiger partial charge on any atom is 0.225 e. The van der Waals surface area contributed by atoms with E-state index in [1.807, 2.05) is 4.90 Å². The van der Waals surface area contributed by atoms with E-state index < -0.39 is 0 Å². The molecule has 3 rings (SSSR count). The number of carbonyl (C=O) groups excluding carboxylic acids is 1. The summed E-state index contributed by atoms with van der Waals surface area (Å²) in [6.07, 6.45) is 5.86. The fraction of sp³-hybridized carbons (Fsp3) is 0.650. The number of fused-ring (bicyclic) bond motifs is 1. The lowest BCUT2D eigenvalue weighted by Crippen LogP contribution is -2.42. The maximum atomic E-state index is 12.5.